The van der Waals surface area contributed by atoms with Gasteiger partial charge in [-0.15, -0.1) is 0 Å². The Hall–Kier alpha value is -3.69. The number of hydrogen-bond donors (Lipinski definition) is 3. The van der Waals surface area contributed by atoms with Gasteiger partial charge in [0.15, 0.2) is 11.3 Å². The first-order valence-electron chi connectivity index (χ1n) is 7.95. The van der Waals surface area contributed by atoms with Crippen LogP contribution in [0.5, 0.6) is 11.5 Å². The average Bonchev–Trinajstić information content (AvgIpc) is 2.98. The molecule has 0 aliphatic heterocycles. The normalized spacial score (nSPS) is 10.8. The molecule has 4 rings (SSSR count). The van der Waals surface area contributed by atoms with E-state index in [9.17, 15) is 15.0 Å². The van der Waals surface area contributed by atoms with E-state index in [1.807, 2.05) is 18.2 Å². The first-order chi connectivity index (χ1) is 13.0. The standard InChI is InChI=1S/C20H12ClN3O3/c21-17-9-16-18(19(26)15(10-22)20(27)23-16)24(17)13-6-4-11(5-7-13)12-2-1-3-14(25)8-12/h1-9,25H,(H2,23,26,27). The molecule has 6 nitrogen and oxygen atoms in total. The molecular weight excluding hydrogens is 366 g/mol. The molecule has 4 aromatic rings. The molecule has 0 fully saturated rings. The summed E-state index contributed by atoms with van der Waals surface area (Å²) in [5.74, 6) is -0.242. The molecule has 0 saturated heterocycles. The molecule has 0 aliphatic carbocycles. The number of aromatic nitrogens is 2. The lowest BCUT2D eigenvalue weighted by Gasteiger charge is -2.10. The Balaban J connectivity index is 1.89. The van der Waals surface area contributed by atoms with E-state index in [2.05, 4.69) is 4.98 Å². The van der Waals surface area contributed by atoms with Crippen molar-refractivity contribution in [2.45, 2.75) is 0 Å². The Bertz CT molecular complexity index is 1280. The number of hydrogen-bond acceptors (Lipinski definition) is 4. The lowest BCUT2D eigenvalue weighted by molar-refractivity contribution is 0.475. The van der Waals surface area contributed by atoms with Gasteiger partial charge in [-0.1, -0.05) is 35.9 Å². The number of aromatic amines is 1. The molecule has 0 saturated carbocycles. The lowest BCUT2D eigenvalue weighted by atomic mass is 10.1. The predicted molar refractivity (Wildman–Crippen MR) is 102 cm³/mol. The number of phenols is 1. The highest BCUT2D eigenvalue weighted by atomic mass is 35.5. The average molecular weight is 378 g/mol. The summed E-state index contributed by atoms with van der Waals surface area (Å²) in [6.45, 7) is 0. The van der Waals surface area contributed by atoms with E-state index in [1.165, 1.54) is 6.07 Å². The van der Waals surface area contributed by atoms with Crippen LogP contribution in [0, 0.1) is 11.3 Å². The van der Waals surface area contributed by atoms with Gasteiger partial charge in [-0.25, -0.2) is 0 Å². The highest BCUT2D eigenvalue weighted by Gasteiger charge is 2.18. The SMILES string of the molecule is N#Cc1c(O)c2c(cc(Cl)n2-c2ccc(-c3cccc(O)c3)cc2)[nH]c1=O. The van der Waals surface area contributed by atoms with Crippen molar-refractivity contribution in [3.8, 4) is 34.4 Å². The van der Waals surface area contributed by atoms with Crippen LogP contribution in [0.25, 0.3) is 27.8 Å². The summed E-state index contributed by atoms with van der Waals surface area (Å²) >= 11 is 6.31. The molecule has 27 heavy (non-hydrogen) atoms. The van der Waals surface area contributed by atoms with Crippen LogP contribution in [0.1, 0.15) is 5.56 Å². The minimum atomic E-state index is -0.671. The van der Waals surface area contributed by atoms with E-state index < -0.39 is 11.3 Å². The Morgan fingerprint density at radius 3 is 2.44 bits per heavy atom. The summed E-state index contributed by atoms with van der Waals surface area (Å²) in [4.78, 5) is 14.4. The zero-order valence-electron chi connectivity index (χ0n) is 13.8. The number of phenolic OH excluding ortho intramolecular Hbond substituents is 1. The minimum absolute atomic E-state index is 0.175. The molecule has 0 atom stereocenters. The monoisotopic (exact) mass is 377 g/mol. The molecule has 2 aromatic heterocycles. The van der Waals surface area contributed by atoms with Crippen molar-refractivity contribution in [1.82, 2.24) is 9.55 Å². The van der Waals surface area contributed by atoms with Gasteiger partial charge < -0.3 is 15.2 Å². The Kier molecular flexibility index (Phi) is 3.87. The maximum Gasteiger partial charge on any atom is 0.270 e. The molecule has 3 N–H and O–H groups in total. The number of nitrogens with zero attached hydrogens (tertiary/aromatic N) is 2. The van der Waals surface area contributed by atoms with Crippen molar-refractivity contribution in [2.75, 3.05) is 0 Å². The van der Waals surface area contributed by atoms with Crippen LogP contribution in [0.2, 0.25) is 5.15 Å². The van der Waals surface area contributed by atoms with Crippen LogP contribution >= 0.6 is 11.6 Å². The van der Waals surface area contributed by atoms with Crippen molar-refractivity contribution in [3.63, 3.8) is 0 Å². The van der Waals surface area contributed by atoms with Gasteiger partial charge in [0.05, 0.1) is 5.52 Å². The van der Waals surface area contributed by atoms with Gasteiger partial charge in [0, 0.05) is 5.69 Å². The van der Waals surface area contributed by atoms with Gasteiger partial charge in [0.1, 0.15) is 22.5 Å². The van der Waals surface area contributed by atoms with E-state index in [1.54, 1.807) is 41.0 Å². The highest BCUT2D eigenvalue weighted by Crippen LogP contribution is 2.33. The van der Waals surface area contributed by atoms with Crippen molar-refractivity contribution in [2.24, 2.45) is 0 Å². The van der Waals surface area contributed by atoms with Gasteiger partial charge in [0.2, 0.25) is 0 Å². The minimum Gasteiger partial charge on any atom is -0.508 e. The Morgan fingerprint density at radius 1 is 1.04 bits per heavy atom. The molecule has 0 unspecified atom stereocenters. The molecule has 7 heteroatoms. The number of nitriles is 1. The summed E-state index contributed by atoms with van der Waals surface area (Å²) in [7, 11) is 0. The first-order valence-corrected chi connectivity index (χ1v) is 8.33. The van der Waals surface area contributed by atoms with Crippen molar-refractivity contribution >= 4 is 22.6 Å². The zero-order valence-corrected chi connectivity index (χ0v) is 14.5. The van der Waals surface area contributed by atoms with Crippen LogP contribution in [-0.2, 0) is 0 Å². The number of fused-ring (bicyclic) bond motifs is 1. The number of halogens is 1. The van der Waals surface area contributed by atoms with Crippen molar-refractivity contribution < 1.29 is 10.2 Å². The van der Waals surface area contributed by atoms with Crippen LogP contribution in [0.3, 0.4) is 0 Å². The molecular formula is C20H12ClN3O3. The van der Waals surface area contributed by atoms with Gasteiger partial charge in [-0.05, 0) is 41.5 Å². The molecule has 2 heterocycles. The van der Waals surface area contributed by atoms with Crippen LogP contribution < -0.4 is 5.56 Å². The molecule has 0 amide bonds. The molecule has 0 bridgehead atoms. The van der Waals surface area contributed by atoms with E-state index in [4.69, 9.17) is 16.9 Å². The molecule has 2 aromatic carbocycles. The Morgan fingerprint density at radius 2 is 1.78 bits per heavy atom. The van der Waals surface area contributed by atoms with Crippen LogP contribution in [0.15, 0.2) is 59.4 Å². The van der Waals surface area contributed by atoms with Gasteiger partial charge in [-0.3, -0.25) is 9.36 Å². The second-order valence-corrected chi connectivity index (χ2v) is 6.34. The predicted octanol–water partition coefficient (Wildman–Crippen LogP) is 3.92. The van der Waals surface area contributed by atoms with Crippen molar-refractivity contribution in [1.29, 1.82) is 5.26 Å². The summed E-state index contributed by atoms with van der Waals surface area (Å²) in [6.07, 6.45) is 0. The Labute approximate surface area is 158 Å². The largest absolute Gasteiger partial charge is 0.508 e. The van der Waals surface area contributed by atoms with E-state index in [-0.39, 0.29) is 22.0 Å². The van der Waals surface area contributed by atoms with Crippen molar-refractivity contribution in [3.05, 3.63) is 75.7 Å². The van der Waals surface area contributed by atoms with Gasteiger partial charge >= 0.3 is 0 Å². The maximum atomic E-state index is 11.9. The van der Waals surface area contributed by atoms with E-state index in [0.29, 0.717) is 11.2 Å². The van der Waals surface area contributed by atoms with E-state index in [0.717, 1.165) is 11.1 Å². The summed E-state index contributed by atoms with van der Waals surface area (Å²) < 4.78 is 1.55. The maximum absolute atomic E-state index is 11.9. The third-order valence-corrected chi connectivity index (χ3v) is 4.59. The fourth-order valence-electron chi connectivity index (χ4n) is 3.06. The summed E-state index contributed by atoms with van der Waals surface area (Å²) in [6, 6.07) is 17.4. The molecule has 132 valence electrons. The molecule has 0 aliphatic rings. The quantitative estimate of drug-likeness (QED) is 0.492. The lowest BCUT2D eigenvalue weighted by Crippen LogP contribution is -2.10. The fraction of sp³-hybridized carbons (Fsp3) is 0. The highest BCUT2D eigenvalue weighted by molar-refractivity contribution is 6.31. The number of pyridine rings is 1. The number of benzene rings is 2. The number of rotatable bonds is 2. The van der Waals surface area contributed by atoms with Crippen LogP contribution in [-0.4, -0.2) is 19.8 Å². The van der Waals surface area contributed by atoms with Gasteiger partial charge in [0.25, 0.3) is 5.56 Å². The smallest absolute Gasteiger partial charge is 0.270 e. The van der Waals surface area contributed by atoms with Gasteiger partial charge in [-0.2, -0.15) is 5.26 Å². The zero-order chi connectivity index (χ0) is 19.1. The third-order valence-electron chi connectivity index (χ3n) is 4.31. The van der Waals surface area contributed by atoms with Crippen LogP contribution in [0.4, 0.5) is 0 Å². The summed E-state index contributed by atoms with van der Waals surface area (Å²) in [5, 5.41) is 29.4. The number of aromatic hydroxyl groups is 2. The topological polar surface area (TPSA) is 102 Å². The molecule has 0 radical (unpaired) electrons. The first kappa shape index (κ1) is 16.8. The number of H-pyrrole nitrogens is 1. The number of nitrogens with one attached hydrogen (secondary N) is 1. The summed E-state index contributed by atoms with van der Waals surface area (Å²) in [5.41, 5.74) is 1.93. The third kappa shape index (κ3) is 2.71. The second-order valence-electron chi connectivity index (χ2n) is 5.95. The second kappa shape index (κ2) is 6.24. The van der Waals surface area contributed by atoms with E-state index >= 15 is 0 Å². The molecule has 0 spiro atoms. The fourth-order valence-corrected chi connectivity index (χ4v) is 3.35.